The summed E-state index contributed by atoms with van der Waals surface area (Å²) in [6.07, 6.45) is -8.72. The number of carboxylic acids is 2. The van der Waals surface area contributed by atoms with Gasteiger partial charge in [0, 0.05) is 29.2 Å². The smallest absolute Gasteiger partial charge is 0.490 e. The molecule has 1 atom stereocenters. The van der Waals surface area contributed by atoms with Crippen molar-refractivity contribution in [2.24, 2.45) is 0 Å². The predicted molar refractivity (Wildman–Crippen MR) is 138 cm³/mol. The van der Waals surface area contributed by atoms with Crippen molar-refractivity contribution in [3.05, 3.63) is 39.8 Å². The van der Waals surface area contributed by atoms with Gasteiger partial charge in [0.1, 0.15) is 24.5 Å². The van der Waals surface area contributed by atoms with Crippen molar-refractivity contribution in [2.45, 2.75) is 45.7 Å². The number of nitriles is 1. The van der Waals surface area contributed by atoms with E-state index in [9.17, 15) is 26.3 Å². The number of alkyl halides is 6. The fourth-order valence-corrected chi connectivity index (χ4v) is 4.09. The number of nitrogens with two attached hydrogens (primary N) is 1. The molecule has 4 N–H and O–H groups in total. The van der Waals surface area contributed by atoms with Crippen LogP contribution in [0, 0.1) is 25.2 Å². The number of anilines is 1. The van der Waals surface area contributed by atoms with E-state index in [2.05, 4.69) is 26.0 Å². The zero-order valence-electron chi connectivity index (χ0n) is 22.6. The number of halogens is 7. The fourth-order valence-electron chi connectivity index (χ4n) is 3.86. The van der Waals surface area contributed by atoms with E-state index >= 15 is 0 Å². The van der Waals surface area contributed by atoms with Crippen molar-refractivity contribution in [3.63, 3.8) is 0 Å². The van der Waals surface area contributed by atoms with Crippen molar-refractivity contribution in [2.75, 3.05) is 25.4 Å². The first-order chi connectivity index (χ1) is 19.8. The van der Waals surface area contributed by atoms with Gasteiger partial charge < -0.3 is 20.7 Å². The lowest BCUT2D eigenvalue weighted by Crippen LogP contribution is -2.26. The second-order valence-electron chi connectivity index (χ2n) is 8.87. The Bertz CT molecular complexity index is 1510. The SMILES string of the molecule is Cc1c(Cl)cc(C(C)n2nc(C)c3c(N)ncnc32)c2c1CN(CC#N)CCO2.O=C(O)C(F)(F)F.O=C(O)C(F)(F)F. The number of carboxylic acid groups (broad SMARTS) is 2. The third kappa shape index (κ3) is 8.58. The second kappa shape index (κ2) is 13.7. The van der Waals surface area contributed by atoms with Crippen LogP contribution in [0.2, 0.25) is 5.02 Å². The lowest BCUT2D eigenvalue weighted by atomic mass is 9.98. The Labute approximate surface area is 244 Å². The summed E-state index contributed by atoms with van der Waals surface area (Å²) in [5.74, 6) is -4.29. The first kappa shape index (κ1) is 34.8. The number of fused-ring (bicyclic) bond motifs is 2. The molecule has 0 saturated heterocycles. The summed E-state index contributed by atoms with van der Waals surface area (Å²) < 4.78 is 71.5. The quantitative estimate of drug-likeness (QED) is 0.275. The van der Waals surface area contributed by atoms with Gasteiger partial charge in [0.25, 0.3) is 0 Å². The Hall–Kier alpha value is -4.37. The number of ether oxygens (including phenoxy) is 1. The molecule has 1 aromatic carbocycles. The monoisotopic (exact) mass is 639 g/mol. The molecule has 0 fully saturated rings. The van der Waals surface area contributed by atoms with E-state index < -0.39 is 24.3 Å². The van der Waals surface area contributed by atoms with Gasteiger partial charge in [0.2, 0.25) is 0 Å². The molecule has 0 saturated carbocycles. The van der Waals surface area contributed by atoms with Crippen LogP contribution in [0.1, 0.15) is 35.3 Å². The molecule has 3 heterocycles. The van der Waals surface area contributed by atoms with Crippen molar-refractivity contribution < 1.29 is 50.9 Å². The number of aliphatic carboxylic acids is 2. The average molecular weight is 640 g/mol. The van der Waals surface area contributed by atoms with E-state index in [1.54, 1.807) is 0 Å². The maximum Gasteiger partial charge on any atom is 0.490 e. The van der Waals surface area contributed by atoms with Gasteiger partial charge in [0.05, 0.1) is 29.7 Å². The molecule has 12 nitrogen and oxygen atoms in total. The van der Waals surface area contributed by atoms with Crippen LogP contribution in [0.4, 0.5) is 32.2 Å². The number of rotatable bonds is 3. The minimum absolute atomic E-state index is 0.185. The highest BCUT2D eigenvalue weighted by molar-refractivity contribution is 6.31. The summed E-state index contributed by atoms with van der Waals surface area (Å²) in [6, 6.07) is 3.97. The van der Waals surface area contributed by atoms with Crippen LogP contribution in [-0.2, 0) is 16.1 Å². The highest BCUT2D eigenvalue weighted by Crippen LogP contribution is 2.40. The van der Waals surface area contributed by atoms with Crippen molar-refractivity contribution in [1.82, 2.24) is 24.6 Å². The van der Waals surface area contributed by atoms with Crippen LogP contribution in [0.5, 0.6) is 5.75 Å². The Morgan fingerprint density at radius 2 is 1.72 bits per heavy atom. The molecule has 1 aliphatic heterocycles. The van der Waals surface area contributed by atoms with Gasteiger partial charge in [-0.15, -0.1) is 0 Å². The van der Waals surface area contributed by atoms with E-state index in [4.69, 9.17) is 47.1 Å². The second-order valence-corrected chi connectivity index (χ2v) is 9.27. The lowest BCUT2D eigenvalue weighted by Gasteiger charge is -2.22. The minimum atomic E-state index is -5.08. The number of hydrogen-bond acceptors (Lipinski definition) is 9. The molecule has 1 aliphatic rings. The topological polar surface area (TPSA) is 180 Å². The van der Waals surface area contributed by atoms with Crippen LogP contribution < -0.4 is 10.5 Å². The van der Waals surface area contributed by atoms with Gasteiger partial charge in [-0.05, 0) is 32.4 Å². The maximum absolute atomic E-state index is 10.6. The number of benzene rings is 1. The number of carbonyl (C=O) groups is 2. The van der Waals surface area contributed by atoms with Crippen LogP contribution in [0.3, 0.4) is 0 Å². The van der Waals surface area contributed by atoms with Crippen molar-refractivity contribution in [3.8, 4) is 11.8 Å². The zero-order chi connectivity index (χ0) is 32.9. The molecule has 19 heteroatoms. The maximum atomic E-state index is 10.6. The van der Waals surface area contributed by atoms with Gasteiger partial charge in [-0.2, -0.15) is 36.7 Å². The first-order valence-corrected chi connectivity index (χ1v) is 12.3. The summed E-state index contributed by atoms with van der Waals surface area (Å²) in [6.45, 7) is 8.05. The Kier molecular flexibility index (Phi) is 11.1. The van der Waals surface area contributed by atoms with E-state index in [-0.39, 0.29) is 6.04 Å². The Morgan fingerprint density at radius 1 is 1.16 bits per heavy atom. The van der Waals surface area contributed by atoms with Crippen LogP contribution in [0.15, 0.2) is 12.4 Å². The molecule has 0 aliphatic carbocycles. The summed E-state index contributed by atoms with van der Waals surface area (Å²) in [5, 5.41) is 29.5. The van der Waals surface area contributed by atoms with Gasteiger partial charge >= 0.3 is 24.3 Å². The van der Waals surface area contributed by atoms with Crippen LogP contribution in [0.25, 0.3) is 11.0 Å². The third-order valence-corrected chi connectivity index (χ3v) is 6.35. The highest BCUT2D eigenvalue weighted by atomic mass is 35.5. The molecule has 0 amide bonds. The number of aryl methyl sites for hydroxylation is 1. The molecule has 2 aromatic heterocycles. The zero-order valence-corrected chi connectivity index (χ0v) is 23.3. The van der Waals surface area contributed by atoms with Gasteiger partial charge in [-0.1, -0.05) is 11.6 Å². The largest absolute Gasteiger partial charge is 0.492 e. The van der Waals surface area contributed by atoms with Gasteiger partial charge in [0.15, 0.2) is 5.65 Å². The molecule has 1 unspecified atom stereocenters. The standard InChI is InChI=1S/C20H22ClN7O.2C2HF3O2/c1-11-15-9-27(5-4-22)6-7-29-18(15)14(8-16(11)21)13(3)28-20-17(12(2)26-28)19(23)24-10-25-20;2*3-2(4,5)1(6)7/h8,10,13H,5-7,9H2,1-3H3,(H2,23,24,25);2*(H,6,7). The average Bonchev–Trinajstić information content (AvgIpc) is 3.09. The van der Waals surface area contributed by atoms with Crippen molar-refractivity contribution in [1.29, 1.82) is 5.26 Å². The Balaban J connectivity index is 0.000000384. The summed E-state index contributed by atoms with van der Waals surface area (Å²) in [5.41, 5.74) is 10.4. The lowest BCUT2D eigenvalue weighted by molar-refractivity contribution is -0.193. The number of hydrogen-bond donors (Lipinski definition) is 3. The molecule has 234 valence electrons. The number of nitrogens with zero attached hydrogens (tertiary/aromatic N) is 6. The van der Waals surface area contributed by atoms with E-state index in [1.807, 2.05) is 31.5 Å². The molecular formula is C24H24ClF6N7O5. The van der Waals surface area contributed by atoms with Crippen LogP contribution in [-0.4, -0.2) is 78.8 Å². The third-order valence-electron chi connectivity index (χ3n) is 5.95. The van der Waals surface area contributed by atoms with Gasteiger partial charge in [-0.3, -0.25) is 4.90 Å². The number of aromatic nitrogens is 4. The molecule has 43 heavy (non-hydrogen) atoms. The summed E-state index contributed by atoms with van der Waals surface area (Å²) in [7, 11) is 0. The fraction of sp³-hybridized carbons (Fsp3) is 0.417. The molecule has 4 rings (SSSR count). The molecule has 0 bridgehead atoms. The van der Waals surface area contributed by atoms with E-state index in [1.165, 1.54) is 6.33 Å². The molecule has 3 aromatic rings. The highest BCUT2D eigenvalue weighted by Gasteiger charge is 2.39. The normalized spacial score (nSPS) is 14.1. The van der Waals surface area contributed by atoms with E-state index in [0.717, 1.165) is 33.5 Å². The first-order valence-electron chi connectivity index (χ1n) is 11.9. The van der Waals surface area contributed by atoms with Crippen molar-refractivity contribution >= 4 is 40.4 Å². The van der Waals surface area contributed by atoms with E-state index in [0.29, 0.717) is 42.7 Å². The predicted octanol–water partition coefficient (Wildman–Crippen LogP) is 4.27. The van der Waals surface area contributed by atoms with Gasteiger partial charge in [-0.25, -0.2) is 24.2 Å². The Morgan fingerprint density at radius 3 is 2.23 bits per heavy atom. The number of nitrogen functional groups attached to an aromatic ring is 1. The summed E-state index contributed by atoms with van der Waals surface area (Å²) in [4.78, 5) is 28.3. The molecule has 0 radical (unpaired) electrons. The van der Waals surface area contributed by atoms with Crippen LogP contribution >= 0.6 is 11.6 Å². The molecule has 0 spiro atoms. The summed E-state index contributed by atoms with van der Waals surface area (Å²) >= 11 is 6.59. The molecular weight excluding hydrogens is 616 g/mol. The minimum Gasteiger partial charge on any atom is -0.492 e.